The van der Waals surface area contributed by atoms with Crippen LogP contribution in [-0.4, -0.2) is 29.0 Å². The topological polar surface area (TPSA) is 90.1 Å². The molecule has 0 saturated heterocycles. The smallest absolute Gasteiger partial charge is 0.255 e. The number of rotatable bonds is 7. The predicted octanol–water partition coefficient (Wildman–Crippen LogP) is 4.17. The summed E-state index contributed by atoms with van der Waals surface area (Å²) in [6, 6.07) is 15.8. The normalized spacial score (nSPS) is 10.6. The molecular formula is C22H23BrN4O2. The fourth-order valence-electron chi connectivity index (χ4n) is 3.05. The molecule has 0 aliphatic heterocycles. The van der Waals surface area contributed by atoms with Crippen LogP contribution in [0.1, 0.15) is 28.5 Å². The molecule has 0 fully saturated rings. The lowest BCUT2D eigenvalue weighted by atomic mass is 10.0. The molecule has 2 aromatic carbocycles. The minimum absolute atomic E-state index is 0.112. The Labute approximate surface area is 178 Å². The van der Waals surface area contributed by atoms with Gasteiger partial charge < -0.3 is 15.8 Å². The van der Waals surface area contributed by atoms with Gasteiger partial charge in [0.25, 0.3) is 5.91 Å². The molecule has 0 atom stereocenters. The van der Waals surface area contributed by atoms with Gasteiger partial charge in [-0.1, -0.05) is 46.3 Å². The summed E-state index contributed by atoms with van der Waals surface area (Å²) in [5, 5.41) is 2.82. The fraction of sp³-hybridized carbons (Fsp3) is 0.227. The van der Waals surface area contributed by atoms with Crippen LogP contribution in [0.4, 0.5) is 5.95 Å². The number of nitrogens with zero attached hydrogens (tertiary/aromatic N) is 2. The van der Waals surface area contributed by atoms with E-state index < -0.39 is 0 Å². The second kappa shape index (κ2) is 9.52. The van der Waals surface area contributed by atoms with E-state index in [9.17, 15) is 4.79 Å². The Bertz CT molecular complexity index is 1010. The van der Waals surface area contributed by atoms with Crippen molar-refractivity contribution >= 4 is 27.8 Å². The van der Waals surface area contributed by atoms with Crippen LogP contribution >= 0.6 is 15.9 Å². The van der Waals surface area contributed by atoms with Gasteiger partial charge in [-0.05, 0) is 37.6 Å². The van der Waals surface area contributed by atoms with E-state index in [1.54, 1.807) is 6.92 Å². The van der Waals surface area contributed by atoms with Crippen LogP contribution in [-0.2, 0) is 6.42 Å². The van der Waals surface area contributed by atoms with Gasteiger partial charge in [-0.25, -0.2) is 9.97 Å². The third-order valence-electron chi connectivity index (χ3n) is 4.36. The lowest BCUT2D eigenvalue weighted by Crippen LogP contribution is -2.25. The Morgan fingerprint density at radius 2 is 1.93 bits per heavy atom. The number of hydrogen-bond acceptors (Lipinski definition) is 5. The number of amides is 1. The molecule has 0 aliphatic rings. The summed E-state index contributed by atoms with van der Waals surface area (Å²) in [6.45, 7) is 4.61. The van der Waals surface area contributed by atoms with E-state index >= 15 is 0 Å². The van der Waals surface area contributed by atoms with E-state index in [1.165, 1.54) is 5.56 Å². The molecule has 7 heteroatoms. The van der Waals surface area contributed by atoms with Crippen molar-refractivity contribution in [2.45, 2.75) is 20.3 Å². The van der Waals surface area contributed by atoms with Gasteiger partial charge >= 0.3 is 0 Å². The van der Waals surface area contributed by atoms with Crippen molar-refractivity contribution < 1.29 is 9.53 Å². The van der Waals surface area contributed by atoms with Crippen LogP contribution < -0.4 is 15.8 Å². The zero-order valence-electron chi connectivity index (χ0n) is 16.4. The molecule has 3 rings (SSSR count). The Balaban J connectivity index is 1.98. The van der Waals surface area contributed by atoms with Gasteiger partial charge in [-0.2, -0.15) is 0 Å². The highest BCUT2D eigenvalue weighted by molar-refractivity contribution is 9.10. The highest BCUT2D eigenvalue weighted by Gasteiger charge is 2.22. The van der Waals surface area contributed by atoms with Gasteiger partial charge in [0.15, 0.2) is 0 Å². The van der Waals surface area contributed by atoms with Crippen molar-refractivity contribution in [3.05, 3.63) is 69.8 Å². The monoisotopic (exact) mass is 454 g/mol. The van der Waals surface area contributed by atoms with Crippen LogP contribution in [0.25, 0.3) is 11.3 Å². The zero-order valence-corrected chi connectivity index (χ0v) is 18.0. The first-order valence-corrected chi connectivity index (χ1v) is 10.2. The molecule has 29 heavy (non-hydrogen) atoms. The third-order valence-corrected chi connectivity index (χ3v) is 4.85. The largest absolute Gasteiger partial charge is 0.493 e. The molecule has 6 nitrogen and oxygen atoms in total. The standard InChI is InChI=1S/C22H23BrN4O2/c1-3-25-21(28)19-14(2)26-22(24)27-20(19)17-13-16(23)9-10-18(17)29-12-11-15-7-5-4-6-8-15/h4-10,13H,3,11-12H2,1-2H3,(H,25,28)(H2,24,26,27). The summed E-state index contributed by atoms with van der Waals surface area (Å²) in [5.41, 5.74) is 9.15. The average Bonchev–Trinajstić information content (AvgIpc) is 2.69. The Morgan fingerprint density at radius 1 is 1.17 bits per heavy atom. The van der Waals surface area contributed by atoms with Crippen LogP contribution in [0.5, 0.6) is 5.75 Å². The number of carbonyl (C=O) groups excluding carboxylic acids is 1. The number of nitrogens with one attached hydrogen (secondary N) is 1. The second-order valence-corrected chi connectivity index (χ2v) is 7.39. The minimum Gasteiger partial charge on any atom is -0.493 e. The van der Waals surface area contributed by atoms with Crippen LogP contribution in [0.3, 0.4) is 0 Å². The van der Waals surface area contributed by atoms with Crippen LogP contribution in [0.15, 0.2) is 53.0 Å². The van der Waals surface area contributed by atoms with E-state index in [-0.39, 0.29) is 11.9 Å². The van der Waals surface area contributed by atoms with E-state index in [2.05, 4.69) is 43.3 Å². The summed E-state index contributed by atoms with van der Waals surface area (Å²) < 4.78 is 6.92. The van der Waals surface area contributed by atoms with Crippen molar-refractivity contribution in [3.8, 4) is 17.0 Å². The molecule has 0 bridgehead atoms. The number of nitrogens with two attached hydrogens (primary N) is 1. The maximum Gasteiger partial charge on any atom is 0.255 e. The number of anilines is 1. The van der Waals surface area contributed by atoms with E-state index in [0.717, 1.165) is 10.9 Å². The van der Waals surface area contributed by atoms with Gasteiger partial charge in [0, 0.05) is 23.0 Å². The molecule has 3 N–H and O–H groups in total. The summed E-state index contributed by atoms with van der Waals surface area (Å²) in [7, 11) is 0. The predicted molar refractivity (Wildman–Crippen MR) is 118 cm³/mol. The van der Waals surface area contributed by atoms with Gasteiger partial charge in [0.2, 0.25) is 5.95 Å². The first-order chi connectivity index (χ1) is 14.0. The number of benzene rings is 2. The third kappa shape index (κ3) is 5.12. The molecule has 0 saturated carbocycles. The van der Waals surface area contributed by atoms with Crippen molar-refractivity contribution in [2.24, 2.45) is 0 Å². The fourth-order valence-corrected chi connectivity index (χ4v) is 3.41. The summed E-state index contributed by atoms with van der Waals surface area (Å²) in [4.78, 5) is 21.2. The number of hydrogen-bond donors (Lipinski definition) is 2. The maximum atomic E-state index is 12.7. The number of aromatic nitrogens is 2. The Kier molecular flexibility index (Phi) is 6.82. The SMILES string of the molecule is CCNC(=O)c1c(C)nc(N)nc1-c1cc(Br)ccc1OCCc1ccccc1. The van der Waals surface area contributed by atoms with Crippen molar-refractivity contribution in [3.63, 3.8) is 0 Å². The highest BCUT2D eigenvalue weighted by Crippen LogP contribution is 2.35. The summed E-state index contributed by atoms with van der Waals surface area (Å²) >= 11 is 3.50. The molecule has 0 radical (unpaired) electrons. The lowest BCUT2D eigenvalue weighted by Gasteiger charge is -2.16. The summed E-state index contributed by atoms with van der Waals surface area (Å²) in [6.07, 6.45) is 0.768. The molecule has 1 amide bonds. The molecule has 0 spiro atoms. The van der Waals surface area contributed by atoms with Gasteiger partial charge in [-0.3, -0.25) is 4.79 Å². The number of carbonyl (C=O) groups is 1. The lowest BCUT2D eigenvalue weighted by molar-refractivity contribution is 0.0955. The summed E-state index contributed by atoms with van der Waals surface area (Å²) in [5.74, 6) is 0.503. The van der Waals surface area contributed by atoms with Gasteiger partial charge in [0.05, 0.1) is 23.6 Å². The molecule has 0 aliphatic carbocycles. The van der Waals surface area contributed by atoms with Crippen molar-refractivity contribution in [2.75, 3.05) is 18.9 Å². The van der Waals surface area contributed by atoms with Crippen molar-refractivity contribution in [1.29, 1.82) is 0 Å². The van der Waals surface area contributed by atoms with Crippen molar-refractivity contribution in [1.82, 2.24) is 15.3 Å². The number of nitrogen functional groups attached to an aromatic ring is 1. The van der Waals surface area contributed by atoms with Crippen LogP contribution in [0, 0.1) is 6.92 Å². The maximum absolute atomic E-state index is 12.7. The Morgan fingerprint density at radius 3 is 2.66 bits per heavy atom. The molecule has 3 aromatic rings. The van der Waals surface area contributed by atoms with Crippen LogP contribution in [0.2, 0.25) is 0 Å². The number of halogens is 1. The minimum atomic E-state index is -0.241. The molecule has 150 valence electrons. The second-order valence-electron chi connectivity index (χ2n) is 6.47. The molecular weight excluding hydrogens is 432 g/mol. The van der Waals surface area contributed by atoms with E-state index in [1.807, 2.05) is 43.3 Å². The first-order valence-electron chi connectivity index (χ1n) is 9.38. The van der Waals surface area contributed by atoms with Gasteiger partial charge in [-0.15, -0.1) is 0 Å². The van der Waals surface area contributed by atoms with E-state index in [0.29, 0.717) is 41.4 Å². The Hall–Kier alpha value is -2.93. The average molecular weight is 455 g/mol. The van der Waals surface area contributed by atoms with E-state index in [4.69, 9.17) is 10.5 Å². The molecule has 1 heterocycles. The zero-order chi connectivity index (χ0) is 20.8. The quantitative estimate of drug-likeness (QED) is 0.558. The molecule has 1 aromatic heterocycles. The molecule has 0 unspecified atom stereocenters. The number of aryl methyl sites for hydroxylation is 1. The first kappa shape index (κ1) is 20.8. The number of ether oxygens (including phenoxy) is 1. The highest BCUT2D eigenvalue weighted by atomic mass is 79.9. The van der Waals surface area contributed by atoms with Gasteiger partial charge in [0.1, 0.15) is 5.75 Å².